The Kier molecular flexibility index (Phi) is 5.10. The number of hydrogen-bond acceptors (Lipinski definition) is 3. The largest absolute Gasteiger partial charge is 0.252 e. The third-order valence-electron chi connectivity index (χ3n) is 4.70. The molecule has 0 bridgehead atoms. The molecule has 0 amide bonds. The van der Waals surface area contributed by atoms with Crippen LogP contribution in [0.25, 0.3) is 10.9 Å². The molecular weight excluding hydrogens is 356 g/mol. The first-order valence-electron chi connectivity index (χ1n) is 8.99. The van der Waals surface area contributed by atoms with Gasteiger partial charge in [-0.05, 0) is 40.8 Å². The van der Waals surface area contributed by atoms with E-state index in [9.17, 15) is 8.42 Å². The molecule has 4 nitrogen and oxygen atoms in total. The number of sulfonamides is 1. The van der Waals surface area contributed by atoms with Gasteiger partial charge in [-0.2, -0.15) is 0 Å². The molecule has 0 fully saturated rings. The van der Waals surface area contributed by atoms with E-state index in [4.69, 9.17) is 4.98 Å². The maximum Gasteiger partial charge on any atom is 0.242 e. The molecule has 0 N–H and O–H groups in total. The van der Waals surface area contributed by atoms with Crippen LogP contribution in [0.1, 0.15) is 37.6 Å². The number of nitrogens with zero attached hydrogens (tertiary/aromatic N) is 2. The van der Waals surface area contributed by atoms with Crippen LogP contribution in [-0.2, 0) is 21.9 Å². The van der Waals surface area contributed by atoms with Gasteiger partial charge in [-0.1, -0.05) is 51.1 Å². The molecule has 0 aliphatic carbocycles. The molecule has 3 rings (SSSR count). The van der Waals surface area contributed by atoms with Crippen LogP contribution in [0.2, 0.25) is 0 Å². The molecule has 5 heteroatoms. The van der Waals surface area contributed by atoms with Gasteiger partial charge in [0, 0.05) is 31.6 Å². The average Bonchev–Trinajstić information content (AvgIpc) is 2.60. The Morgan fingerprint density at radius 1 is 0.926 bits per heavy atom. The molecule has 0 radical (unpaired) electrons. The van der Waals surface area contributed by atoms with E-state index in [-0.39, 0.29) is 10.3 Å². The van der Waals surface area contributed by atoms with Gasteiger partial charge >= 0.3 is 0 Å². The first-order chi connectivity index (χ1) is 12.6. The molecule has 0 atom stereocenters. The molecule has 142 valence electrons. The van der Waals surface area contributed by atoms with Gasteiger partial charge in [0.2, 0.25) is 10.0 Å². The van der Waals surface area contributed by atoms with Crippen LogP contribution in [0.5, 0.6) is 0 Å². The number of rotatable bonds is 4. The van der Waals surface area contributed by atoms with Crippen LogP contribution < -0.4 is 0 Å². The zero-order valence-corrected chi connectivity index (χ0v) is 17.3. The van der Waals surface area contributed by atoms with E-state index in [1.165, 1.54) is 29.5 Å². The molecule has 1 aromatic heterocycles. The number of benzene rings is 2. The van der Waals surface area contributed by atoms with E-state index in [2.05, 4.69) is 45.0 Å². The first-order valence-corrected chi connectivity index (χ1v) is 10.4. The molecule has 3 aromatic rings. The summed E-state index contributed by atoms with van der Waals surface area (Å²) in [5.74, 6) is 0. The molecular formula is C22H26N2O2S. The van der Waals surface area contributed by atoms with E-state index in [1.54, 1.807) is 18.2 Å². The Labute approximate surface area is 161 Å². The summed E-state index contributed by atoms with van der Waals surface area (Å²) >= 11 is 0. The summed E-state index contributed by atoms with van der Waals surface area (Å²) < 4.78 is 25.8. The third kappa shape index (κ3) is 4.20. The predicted octanol–water partition coefficient (Wildman–Crippen LogP) is 4.37. The number of hydrogen-bond donors (Lipinski definition) is 0. The van der Waals surface area contributed by atoms with Crippen molar-refractivity contribution < 1.29 is 8.42 Å². The van der Waals surface area contributed by atoms with Crippen LogP contribution in [0.3, 0.4) is 0 Å². The van der Waals surface area contributed by atoms with Gasteiger partial charge in [0.15, 0.2) is 0 Å². The van der Waals surface area contributed by atoms with E-state index in [1.807, 2.05) is 12.1 Å². The second kappa shape index (κ2) is 7.06. The second-order valence-electron chi connectivity index (χ2n) is 8.07. The minimum Gasteiger partial charge on any atom is -0.252 e. The fourth-order valence-electron chi connectivity index (χ4n) is 2.95. The van der Waals surface area contributed by atoms with Crippen LogP contribution in [-0.4, -0.2) is 31.8 Å². The van der Waals surface area contributed by atoms with Gasteiger partial charge in [-0.25, -0.2) is 12.7 Å². The Hall–Kier alpha value is -2.24. The molecule has 0 spiro atoms. The summed E-state index contributed by atoms with van der Waals surface area (Å²) in [5.41, 5.74) is 4.43. The fraction of sp³-hybridized carbons (Fsp3) is 0.318. The predicted molar refractivity (Wildman–Crippen MR) is 111 cm³/mol. The lowest BCUT2D eigenvalue weighted by Gasteiger charge is -2.19. The van der Waals surface area contributed by atoms with Gasteiger partial charge < -0.3 is 0 Å². The van der Waals surface area contributed by atoms with E-state index < -0.39 is 10.0 Å². The Balaban J connectivity index is 1.87. The van der Waals surface area contributed by atoms with Crippen LogP contribution in [0.4, 0.5) is 0 Å². The summed E-state index contributed by atoms with van der Waals surface area (Å²) in [4.78, 5) is 4.99. The van der Waals surface area contributed by atoms with Crippen molar-refractivity contribution in [2.75, 3.05) is 14.1 Å². The molecule has 0 aliphatic heterocycles. The maximum atomic E-state index is 12.3. The molecule has 0 saturated carbocycles. The standard InChI is InChI=1S/C22H26N2O2S/c1-22(2,3)18-9-6-16(7-10-18)14-19-11-8-17-15-20(12-13-21(17)23-19)27(25,26)24(4)5/h6-13,15H,14H2,1-5H3. The summed E-state index contributed by atoms with van der Waals surface area (Å²) in [6, 6.07) is 17.6. The Bertz CT molecular complexity index is 1060. The normalized spacial score (nSPS) is 12.7. The molecule has 1 heterocycles. The van der Waals surface area contributed by atoms with E-state index in [0.29, 0.717) is 0 Å². The molecule has 2 aromatic carbocycles. The quantitative estimate of drug-likeness (QED) is 0.673. The minimum absolute atomic E-state index is 0.143. The number of aromatic nitrogens is 1. The van der Waals surface area contributed by atoms with Gasteiger partial charge in [-0.15, -0.1) is 0 Å². The smallest absolute Gasteiger partial charge is 0.242 e. The summed E-state index contributed by atoms with van der Waals surface area (Å²) in [5, 5.41) is 0.824. The third-order valence-corrected chi connectivity index (χ3v) is 6.51. The first kappa shape index (κ1) is 19.5. The zero-order valence-electron chi connectivity index (χ0n) is 16.5. The highest BCUT2D eigenvalue weighted by Crippen LogP contribution is 2.24. The van der Waals surface area contributed by atoms with Crippen molar-refractivity contribution in [3.05, 3.63) is 71.4 Å². The highest BCUT2D eigenvalue weighted by molar-refractivity contribution is 7.89. The van der Waals surface area contributed by atoms with Crippen LogP contribution in [0, 0.1) is 0 Å². The topological polar surface area (TPSA) is 50.3 Å². The summed E-state index contributed by atoms with van der Waals surface area (Å²) in [6.45, 7) is 6.62. The second-order valence-corrected chi connectivity index (χ2v) is 10.2. The Morgan fingerprint density at radius 2 is 1.59 bits per heavy atom. The van der Waals surface area contributed by atoms with Crippen molar-refractivity contribution in [3.63, 3.8) is 0 Å². The Morgan fingerprint density at radius 3 is 2.19 bits per heavy atom. The lowest BCUT2D eigenvalue weighted by atomic mass is 9.86. The highest BCUT2D eigenvalue weighted by Gasteiger charge is 2.17. The van der Waals surface area contributed by atoms with Crippen molar-refractivity contribution in [2.45, 2.75) is 37.5 Å². The van der Waals surface area contributed by atoms with Gasteiger partial charge in [0.25, 0.3) is 0 Å². The molecule has 27 heavy (non-hydrogen) atoms. The van der Waals surface area contributed by atoms with Gasteiger partial charge in [0.1, 0.15) is 0 Å². The van der Waals surface area contributed by atoms with Crippen molar-refractivity contribution in [1.29, 1.82) is 0 Å². The van der Waals surface area contributed by atoms with Crippen molar-refractivity contribution in [3.8, 4) is 0 Å². The summed E-state index contributed by atoms with van der Waals surface area (Å²) in [6.07, 6.45) is 0.748. The monoisotopic (exact) mass is 382 g/mol. The van der Waals surface area contributed by atoms with E-state index >= 15 is 0 Å². The fourth-order valence-corrected chi connectivity index (χ4v) is 3.88. The molecule has 0 unspecified atom stereocenters. The van der Waals surface area contributed by atoms with E-state index in [0.717, 1.165) is 23.0 Å². The maximum absolute atomic E-state index is 12.3. The lowest BCUT2D eigenvalue weighted by Crippen LogP contribution is -2.22. The lowest BCUT2D eigenvalue weighted by molar-refractivity contribution is 0.521. The minimum atomic E-state index is -3.44. The van der Waals surface area contributed by atoms with Crippen molar-refractivity contribution >= 4 is 20.9 Å². The van der Waals surface area contributed by atoms with Crippen molar-refractivity contribution in [2.24, 2.45) is 0 Å². The van der Waals surface area contributed by atoms with Crippen molar-refractivity contribution in [1.82, 2.24) is 9.29 Å². The van der Waals surface area contributed by atoms with Crippen LogP contribution in [0.15, 0.2) is 59.5 Å². The van der Waals surface area contributed by atoms with Gasteiger partial charge in [-0.3, -0.25) is 4.98 Å². The number of fused-ring (bicyclic) bond motifs is 1. The van der Waals surface area contributed by atoms with Crippen LogP contribution >= 0.6 is 0 Å². The molecule has 0 saturated heterocycles. The highest BCUT2D eigenvalue weighted by atomic mass is 32.2. The SMILES string of the molecule is CN(C)S(=O)(=O)c1ccc2nc(Cc3ccc(C(C)(C)C)cc3)ccc2c1. The number of pyridine rings is 1. The summed E-state index contributed by atoms with van der Waals surface area (Å²) in [7, 11) is -0.371. The zero-order chi connectivity index (χ0) is 19.8. The average molecular weight is 383 g/mol. The molecule has 0 aliphatic rings. The van der Waals surface area contributed by atoms with Gasteiger partial charge in [0.05, 0.1) is 10.4 Å².